The van der Waals surface area contributed by atoms with E-state index in [1.54, 1.807) is 0 Å². The molecule has 0 nitrogen and oxygen atoms in total. The monoisotopic (exact) mass is 509 g/mol. The summed E-state index contributed by atoms with van der Waals surface area (Å²) < 4.78 is 0. The summed E-state index contributed by atoms with van der Waals surface area (Å²) in [6.45, 7) is 0. The lowest BCUT2D eigenvalue weighted by Gasteiger charge is -2.35. The molecule has 0 heterocycles. The Hall–Kier alpha value is -2.99. The Balaban J connectivity index is 0.00000259. The summed E-state index contributed by atoms with van der Waals surface area (Å²) in [7, 11) is -2.11. The molecule has 0 saturated carbocycles. The molecule has 0 aliphatic rings. The van der Waals surface area contributed by atoms with Gasteiger partial charge in [0.1, 0.15) is 28.8 Å². The van der Waals surface area contributed by atoms with Gasteiger partial charge in [0, 0.05) is 0 Å². The van der Waals surface area contributed by atoms with E-state index in [1.807, 2.05) is 0 Å². The highest BCUT2D eigenvalue weighted by atomic mass is 79.9. The van der Waals surface area contributed by atoms with Gasteiger partial charge in [0.15, 0.2) is 0 Å². The van der Waals surface area contributed by atoms with E-state index in [0.717, 1.165) is 0 Å². The van der Waals surface area contributed by atoms with Crippen molar-refractivity contribution in [3.63, 3.8) is 0 Å². The molecule has 0 aliphatic heterocycles. The van der Waals surface area contributed by atoms with Gasteiger partial charge in [-0.3, -0.25) is 0 Å². The Morgan fingerprint density at radius 1 is 0.333 bits per heavy atom. The minimum atomic E-state index is -2.11. The molecule has 33 heavy (non-hydrogen) atoms. The summed E-state index contributed by atoms with van der Waals surface area (Å²) in [6, 6.07) is 55.5. The third kappa shape index (κ3) is 4.44. The molecule has 0 aliphatic carbocycles. The van der Waals surface area contributed by atoms with Crippen molar-refractivity contribution in [2.24, 2.45) is 0 Å². The molecule has 5 aromatic rings. The van der Waals surface area contributed by atoms with E-state index < -0.39 is 7.26 Å². The molecule has 5 rings (SSSR count). The van der Waals surface area contributed by atoms with E-state index >= 15 is 0 Å². The minimum absolute atomic E-state index is 0. The Labute approximate surface area is 208 Å². The number of hydrogen-bond acceptors (Lipinski definition) is 0. The fourth-order valence-electron chi connectivity index (χ4n) is 4.79. The van der Waals surface area contributed by atoms with E-state index in [4.69, 9.17) is 0 Å². The molecule has 0 unspecified atom stereocenters. The minimum Gasteiger partial charge on any atom is -0.114 e. The maximum atomic E-state index is 2.33. The first-order valence-corrected chi connectivity index (χ1v) is 12.9. The van der Waals surface area contributed by atoms with Gasteiger partial charge in [-0.1, -0.05) is 115 Å². The van der Waals surface area contributed by atoms with Crippen LogP contribution in [0.2, 0.25) is 0 Å². The van der Waals surface area contributed by atoms with Crippen LogP contribution in [-0.4, -0.2) is 0 Å². The highest BCUT2D eigenvalue weighted by molar-refractivity contribution is 8.93. The van der Waals surface area contributed by atoms with Gasteiger partial charge in [0.05, 0.1) is 0 Å². The first kappa shape index (κ1) is 23.2. The van der Waals surface area contributed by atoms with Crippen LogP contribution in [0.25, 0.3) is 0 Å². The van der Waals surface area contributed by atoms with E-state index in [9.17, 15) is 0 Å². The Morgan fingerprint density at radius 2 is 0.576 bits per heavy atom. The second kappa shape index (κ2) is 10.8. The van der Waals surface area contributed by atoms with Crippen LogP contribution in [0, 0.1) is 0 Å². The van der Waals surface area contributed by atoms with Crippen LogP contribution in [0.5, 0.6) is 0 Å². The molecule has 0 spiro atoms. The van der Waals surface area contributed by atoms with Crippen LogP contribution in [0.15, 0.2) is 152 Å². The van der Waals surface area contributed by atoms with Crippen molar-refractivity contribution in [1.82, 2.24) is 0 Å². The van der Waals surface area contributed by atoms with Gasteiger partial charge in [0.2, 0.25) is 0 Å². The van der Waals surface area contributed by atoms with Crippen LogP contribution < -0.4 is 15.9 Å². The molecule has 2 heteroatoms. The molecule has 0 N–H and O–H groups in total. The second-order valence-corrected chi connectivity index (χ2v) is 11.5. The number of rotatable bonds is 6. The SMILES string of the molecule is Br.c1ccc(C(c2ccccc2)[P+](c2ccccc2)(c2ccccc2)c2ccccc2)cc1. The summed E-state index contributed by atoms with van der Waals surface area (Å²) in [4.78, 5) is 0. The van der Waals surface area contributed by atoms with E-state index in [-0.39, 0.29) is 22.6 Å². The van der Waals surface area contributed by atoms with Crippen molar-refractivity contribution < 1.29 is 0 Å². The Bertz CT molecular complexity index is 1110. The third-order valence-corrected chi connectivity index (χ3v) is 10.8. The van der Waals surface area contributed by atoms with Gasteiger partial charge in [-0.05, 0) is 47.5 Å². The van der Waals surface area contributed by atoms with Gasteiger partial charge in [-0.25, -0.2) is 0 Å². The van der Waals surface area contributed by atoms with Crippen molar-refractivity contribution >= 4 is 40.2 Å². The zero-order valence-corrected chi connectivity index (χ0v) is 21.0. The quantitative estimate of drug-likeness (QED) is 0.210. The molecule has 0 bridgehead atoms. The van der Waals surface area contributed by atoms with Gasteiger partial charge < -0.3 is 0 Å². The molecule has 162 valence electrons. The van der Waals surface area contributed by atoms with E-state index in [0.29, 0.717) is 0 Å². The van der Waals surface area contributed by atoms with Gasteiger partial charge in [0.25, 0.3) is 0 Å². The van der Waals surface area contributed by atoms with Crippen LogP contribution >= 0.6 is 24.2 Å². The van der Waals surface area contributed by atoms with Gasteiger partial charge in [-0.2, -0.15) is 0 Å². The Kier molecular flexibility index (Phi) is 7.55. The summed E-state index contributed by atoms with van der Waals surface area (Å²) in [5.74, 6) is 0. The smallest absolute Gasteiger partial charge is 0.114 e. The van der Waals surface area contributed by atoms with Crippen LogP contribution in [0.3, 0.4) is 0 Å². The van der Waals surface area contributed by atoms with Crippen molar-refractivity contribution in [3.8, 4) is 0 Å². The topological polar surface area (TPSA) is 0 Å². The number of halogens is 1. The maximum absolute atomic E-state index is 2.33. The molecular formula is C31H27BrP+. The summed E-state index contributed by atoms with van der Waals surface area (Å²) in [5, 5.41) is 4.19. The maximum Gasteiger partial charge on any atom is 0.133 e. The number of benzene rings is 5. The fraction of sp³-hybridized carbons (Fsp3) is 0.0323. The zero-order chi connectivity index (χ0) is 21.6. The predicted molar refractivity (Wildman–Crippen MR) is 150 cm³/mol. The molecule has 0 radical (unpaired) electrons. The predicted octanol–water partition coefficient (Wildman–Crippen LogP) is 7.35. The average Bonchev–Trinajstić information content (AvgIpc) is 2.90. The van der Waals surface area contributed by atoms with E-state index in [2.05, 4.69) is 152 Å². The average molecular weight is 510 g/mol. The molecule has 0 aromatic heterocycles. The zero-order valence-electron chi connectivity index (χ0n) is 18.4. The molecule has 5 aromatic carbocycles. The molecule has 0 amide bonds. The second-order valence-electron chi connectivity index (χ2n) is 7.95. The highest BCUT2D eigenvalue weighted by Gasteiger charge is 2.53. The Morgan fingerprint density at radius 3 is 0.848 bits per heavy atom. The summed E-state index contributed by atoms with van der Waals surface area (Å²) >= 11 is 0. The highest BCUT2D eigenvalue weighted by Crippen LogP contribution is 2.68. The van der Waals surface area contributed by atoms with Gasteiger partial charge >= 0.3 is 0 Å². The first-order valence-electron chi connectivity index (χ1n) is 11.1. The number of hydrogen-bond donors (Lipinski definition) is 0. The van der Waals surface area contributed by atoms with Crippen molar-refractivity contribution in [3.05, 3.63) is 163 Å². The van der Waals surface area contributed by atoms with Crippen molar-refractivity contribution in [1.29, 1.82) is 0 Å². The third-order valence-electron chi connectivity index (χ3n) is 6.11. The normalized spacial score (nSPS) is 11.1. The van der Waals surface area contributed by atoms with Crippen molar-refractivity contribution in [2.75, 3.05) is 0 Å². The van der Waals surface area contributed by atoms with Crippen LogP contribution in [0.1, 0.15) is 16.8 Å². The summed E-state index contributed by atoms with van der Waals surface area (Å²) in [6.07, 6.45) is 0. The van der Waals surface area contributed by atoms with E-state index in [1.165, 1.54) is 27.0 Å². The molecule has 0 saturated heterocycles. The first-order chi connectivity index (χ1) is 15.9. The lowest BCUT2D eigenvalue weighted by atomic mass is 10.0. The summed E-state index contributed by atoms with van der Waals surface area (Å²) in [5.41, 5.74) is 2.91. The fourth-order valence-corrected chi connectivity index (χ4v) is 9.75. The van der Waals surface area contributed by atoms with Crippen LogP contribution in [-0.2, 0) is 0 Å². The standard InChI is InChI=1S/C31H26P.BrH/c1-6-16-26(17-7-1)31(27-18-8-2-9-19-27)32(28-20-10-3-11-21-28,29-22-12-4-13-23-29)30-24-14-5-15-25-30;/h1-25,31H;1H/q+1;. The lowest BCUT2D eigenvalue weighted by molar-refractivity contribution is 1.13. The largest absolute Gasteiger partial charge is 0.133 e. The van der Waals surface area contributed by atoms with Crippen molar-refractivity contribution in [2.45, 2.75) is 5.66 Å². The van der Waals surface area contributed by atoms with Crippen LogP contribution in [0.4, 0.5) is 0 Å². The lowest BCUT2D eigenvalue weighted by Crippen LogP contribution is -2.35. The molecule has 0 atom stereocenters. The molecular weight excluding hydrogens is 483 g/mol. The van der Waals surface area contributed by atoms with Gasteiger partial charge in [-0.15, -0.1) is 17.0 Å². The molecule has 0 fully saturated rings.